The van der Waals surface area contributed by atoms with Gasteiger partial charge in [0.05, 0.1) is 0 Å². The largest absolute Gasteiger partial charge is 0.508 e. The van der Waals surface area contributed by atoms with E-state index in [1.54, 1.807) is 24.3 Å². The Morgan fingerprint density at radius 1 is 1.07 bits per heavy atom. The van der Waals surface area contributed by atoms with Gasteiger partial charge < -0.3 is 5.11 Å². The first-order valence-electron chi connectivity index (χ1n) is 5.66. The van der Waals surface area contributed by atoms with E-state index in [0.717, 1.165) is 6.42 Å². The molecule has 0 atom stereocenters. The summed E-state index contributed by atoms with van der Waals surface area (Å²) >= 11 is 0. The van der Waals surface area contributed by atoms with Gasteiger partial charge in [-0.1, -0.05) is 58.9 Å². The van der Waals surface area contributed by atoms with E-state index in [9.17, 15) is 0 Å². The molecule has 0 aliphatic heterocycles. The molecule has 1 aromatic rings. The van der Waals surface area contributed by atoms with Crippen LogP contribution in [-0.4, -0.2) is 5.11 Å². The molecule has 1 heteroatoms. The smallest absolute Gasteiger partial charge is 0.115 e. The van der Waals surface area contributed by atoms with Crippen molar-refractivity contribution in [3.63, 3.8) is 0 Å². The number of aromatic hydroxyl groups is 1. The van der Waals surface area contributed by atoms with E-state index in [1.807, 2.05) is 39.8 Å². The van der Waals surface area contributed by atoms with Crippen LogP contribution in [-0.2, 0) is 0 Å². The molecule has 0 fully saturated rings. The molecule has 0 aromatic heterocycles. The zero-order valence-corrected chi connectivity index (χ0v) is 10.8. The van der Waals surface area contributed by atoms with Gasteiger partial charge in [-0.3, -0.25) is 0 Å². The summed E-state index contributed by atoms with van der Waals surface area (Å²) < 4.78 is 0. The first kappa shape index (κ1) is 19.4. The lowest BCUT2D eigenvalue weighted by Crippen LogP contribution is -1.56. The maximum absolute atomic E-state index is 8.63. The van der Waals surface area contributed by atoms with Gasteiger partial charge in [-0.2, -0.15) is 0 Å². The summed E-state index contributed by atoms with van der Waals surface area (Å²) in [6.07, 6.45) is 2.96. The number of rotatable bonds is 1. The van der Waals surface area contributed by atoms with E-state index >= 15 is 0 Å². The number of hydrogen-bond donors (Lipinski definition) is 1. The van der Waals surface area contributed by atoms with Crippen LogP contribution in [0.3, 0.4) is 0 Å². The van der Waals surface area contributed by atoms with Gasteiger partial charge in [-0.05, 0) is 18.6 Å². The van der Waals surface area contributed by atoms with E-state index in [1.165, 1.54) is 0 Å². The molecule has 0 aliphatic rings. The Labute approximate surface area is 95.5 Å². The van der Waals surface area contributed by atoms with Crippen LogP contribution in [0.1, 0.15) is 41.0 Å². The molecule has 0 spiro atoms. The first-order chi connectivity index (χ1) is 7.31. The van der Waals surface area contributed by atoms with Gasteiger partial charge in [0.15, 0.2) is 0 Å². The van der Waals surface area contributed by atoms with Crippen LogP contribution in [0.15, 0.2) is 43.0 Å². The Hall–Kier alpha value is -1.24. The average molecular weight is 210 g/mol. The zero-order chi connectivity index (χ0) is 12.5. The minimum absolute atomic E-state index is 0.322. The Kier molecular flexibility index (Phi) is 29.7. The van der Waals surface area contributed by atoms with Crippen LogP contribution >= 0.6 is 0 Å². The molecule has 0 bridgehead atoms. The maximum Gasteiger partial charge on any atom is 0.115 e. The summed E-state index contributed by atoms with van der Waals surface area (Å²) in [6, 6.07) is 8.71. The molecule has 15 heavy (non-hydrogen) atoms. The van der Waals surface area contributed by atoms with E-state index < -0.39 is 0 Å². The van der Waals surface area contributed by atoms with Gasteiger partial charge >= 0.3 is 0 Å². The van der Waals surface area contributed by atoms with Crippen LogP contribution in [0.2, 0.25) is 0 Å². The lowest BCUT2D eigenvalue weighted by molar-refractivity contribution is 0.475. The van der Waals surface area contributed by atoms with Gasteiger partial charge in [0.1, 0.15) is 5.75 Å². The van der Waals surface area contributed by atoms with E-state index in [4.69, 9.17) is 5.11 Å². The predicted octanol–water partition coefficient (Wildman–Crippen LogP) is 5.03. The number of benzene rings is 1. The molecule has 88 valence electrons. The normalized spacial score (nSPS) is 6.47. The Balaban J connectivity index is -0.000000156. The quantitative estimate of drug-likeness (QED) is 0.645. The molecule has 0 radical (unpaired) electrons. The molecule has 1 aromatic carbocycles. The summed E-state index contributed by atoms with van der Waals surface area (Å²) in [5.74, 6) is 0.322. The molecular formula is C14H26O. The topological polar surface area (TPSA) is 20.2 Å². The number of para-hydroxylation sites is 1. The van der Waals surface area contributed by atoms with E-state index in [0.29, 0.717) is 5.75 Å². The van der Waals surface area contributed by atoms with Crippen LogP contribution in [0, 0.1) is 0 Å². The van der Waals surface area contributed by atoms with E-state index in [2.05, 4.69) is 13.5 Å². The minimum Gasteiger partial charge on any atom is -0.508 e. The van der Waals surface area contributed by atoms with Gasteiger partial charge in [0.25, 0.3) is 0 Å². The molecule has 1 N–H and O–H groups in total. The van der Waals surface area contributed by atoms with Crippen molar-refractivity contribution in [1.29, 1.82) is 0 Å². The molecule has 0 saturated carbocycles. The summed E-state index contributed by atoms with van der Waals surface area (Å²) in [4.78, 5) is 0. The van der Waals surface area contributed by atoms with Gasteiger partial charge in [0.2, 0.25) is 0 Å². The van der Waals surface area contributed by atoms with Gasteiger partial charge in [-0.15, -0.1) is 6.58 Å². The molecule has 0 amide bonds. The highest BCUT2D eigenvalue weighted by Gasteiger charge is 1.74. The highest BCUT2D eigenvalue weighted by molar-refractivity contribution is 5.18. The van der Waals surface area contributed by atoms with Crippen molar-refractivity contribution in [2.24, 2.45) is 0 Å². The van der Waals surface area contributed by atoms with Crippen molar-refractivity contribution in [2.45, 2.75) is 41.0 Å². The maximum atomic E-state index is 8.63. The summed E-state index contributed by atoms with van der Waals surface area (Å²) in [5, 5.41) is 8.63. The third-order valence-corrected chi connectivity index (χ3v) is 1.04. The van der Waals surface area contributed by atoms with Gasteiger partial charge in [-0.25, -0.2) is 0 Å². The lowest BCUT2D eigenvalue weighted by atomic mass is 10.3. The van der Waals surface area contributed by atoms with Gasteiger partial charge in [0, 0.05) is 0 Å². The molecular weight excluding hydrogens is 184 g/mol. The van der Waals surface area contributed by atoms with Crippen molar-refractivity contribution in [1.82, 2.24) is 0 Å². The van der Waals surface area contributed by atoms with Crippen molar-refractivity contribution in [3.8, 4) is 5.75 Å². The van der Waals surface area contributed by atoms with Crippen LogP contribution in [0.25, 0.3) is 0 Å². The number of hydrogen-bond acceptors (Lipinski definition) is 1. The number of phenols is 1. The Morgan fingerprint density at radius 2 is 1.40 bits per heavy atom. The second-order valence-corrected chi connectivity index (χ2v) is 2.03. The fraction of sp³-hybridized carbons (Fsp3) is 0.429. The minimum atomic E-state index is 0.322. The molecule has 1 nitrogen and oxygen atoms in total. The third kappa shape index (κ3) is 24.5. The molecule has 1 rings (SSSR count). The van der Waals surface area contributed by atoms with Crippen LogP contribution in [0.4, 0.5) is 0 Å². The van der Waals surface area contributed by atoms with Crippen molar-refractivity contribution in [3.05, 3.63) is 43.0 Å². The Bertz CT molecular complexity index is 180. The van der Waals surface area contributed by atoms with Crippen molar-refractivity contribution < 1.29 is 5.11 Å². The van der Waals surface area contributed by atoms with Crippen molar-refractivity contribution in [2.75, 3.05) is 0 Å². The number of allylic oxidation sites excluding steroid dienone is 1. The van der Waals surface area contributed by atoms with E-state index in [-0.39, 0.29) is 0 Å². The molecule has 0 heterocycles. The van der Waals surface area contributed by atoms with Crippen LogP contribution in [0.5, 0.6) is 5.75 Å². The monoisotopic (exact) mass is 210 g/mol. The fourth-order valence-electron chi connectivity index (χ4n) is 0.428. The Morgan fingerprint density at radius 3 is 1.53 bits per heavy atom. The summed E-state index contributed by atoms with van der Waals surface area (Å²) in [6.45, 7) is 13.5. The second kappa shape index (κ2) is 23.0. The average Bonchev–Trinajstić information content (AvgIpc) is 2.35. The standard InChI is InChI=1S/C6H6O.C4H8.2C2H6/c7-6-4-2-1-3-5-6;1-3-4-2;2*1-2/h1-5,7H;3H,1,4H2,2H3;2*1-2H3. The molecule has 0 saturated heterocycles. The zero-order valence-electron chi connectivity index (χ0n) is 10.8. The molecule has 0 aliphatic carbocycles. The predicted molar refractivity (Wildman–Crippen MR) is 71.3 cm³/mol. The first-order valence-corrected chi connectivity index (χ1v) is 5.66. The summed E-state index contributed by atoms with van der Waals surface area (Å²) in [7, 11) is 0. The third-order valence-electron chi connectivity index (χ3n) is 1.04. The fourth-order valence-corrected chi connectivity index (χ4v) is 0.428. The molecule has 0 unspecified atom stereocenters. The van der Waals surface area contributed by atoms with Crippen molar-refractivity contribution >= 4 is 0 Å². The lowest BCUT2D eigenvalue weighted by Gasteiger charge is -1.82. The SMILES string of the molecule is C=CCC.CC.CC.Oc1ccccc1. The second-order valence-electron chi connectivity index (χ2n) is 2.03. The van der Waals surface area contributed by atoms with Crippen LogP contribution < -0.4 is 0 Å². The highest BCUT2D eigenvalue weighted by atomic mass is 16.3. The highest BCUT2D eigenvalue weighted by Crippen LogP contribution is 2.02. The number of phenolic OH excluding ortho intramolecular Hbond substituents is 1. The summed E-state index contributed by atoms with van der Waals surface area (Å²) in [5.41, 5.74) is 0.